The number of aliphatic hydroxyl groups is 1. The molecule has 8 nitrogen and oxygen atoms in total. The van der Waals surface area contributed by atoms with Crippen LogP contribution in [0.2, 0.25) is 0 Å². The monoisotopic (exact) mass is 524 g/mol. The van der Waals surface area contributed by atoms with Crippen LogP contribution >= 0.6 is 0 Å². The molecule has 2 unspecified atom stereocenters. The summed E-state index contributed by atoms with van der Waals surface area (Å²) in [7, 11) is -7.24. The summed E-state index contributed by atoms with van der Waals surface area (Å²) in [5.41, 5.74) is 0.846. The van der Waals surface area contributed by atoms with Crippen LogP contribution in [0.3, 0.4) is 0 Å². The van der Waals surface area contributed by atoms with Gasteiger partial charge >= 0.3 is 0 Å². The Balaban J connectivity index is 2.29. The van der Waals surface area contributed by atoms with Gasteiger partial charge in [-0.05, 0) is 30.5 Å². The minimum atomic E-state index is -3.86. The fourth-order valence-corrected chi connectivity index (χ4v) is 6.30. The largest absolute Gasteiger partial charge is 0.390 e. The molecule has 2 aromatic rings. The Bertz CT molecular complexity index is 1140. The van der Waals surface area contributed by atoms with Crippen molar-refractivity contribution in [3.8, 4) is 0 Å². The van der Waals surface area contributed by atoms with Gasteiger partial charge in [0.1, 0.15) is 9.84 Å². The molecule has 194 valence electrons. The van der Waals surface area contributed by atoms with Gasteiger partial charge in [-0.1, -0.05) is 68.8 Å². The van der Waals surface area contributed by atoms with Crippen LogP contribution in [0.4, 0.5) is 0 Å². The number of benzene rings is 2. The minimum Gasteiger partial charge on any atom is -0.390 e. The number of unbranched alkanes of at least 4 members (excludes halogenated alkanes) is 1. The van der Waals surface area contributed by atoms with Crippen molar-refractivity contribution in [2.24, 2.45) is 5.92 Å². The first-order chi connectivity index (χ1) is 16.4. The fraction of sp³-hybridized carbons (Fsp3) is 0.480. The molecular formula is C25H36N2O6S2. The van der Waals surface area contributed by atoms with E-state index >= 15 is 0 Å². The van der Waals surface area contributed by atoms with E-state index in [4.69, 9.17) is 0 Å². The van der Waals surface area contributed by atoms with Gasteiger partial charge in [0, 0.05) is 25.3 Å². The predicted molar refractivity (Wildman–Crippen MR) is 137 cm³/mol. The predicted octanol–water partition coefficient (Wildman–Crippen LogP) is 2.25. The van der Waals surface area contributed by atoms with E-state index in [1.54, 1.807) is 18.2 Å². The van der Waals surface area contributed by atoms with Crippen molar-refractivity contribution in [3.05, 3.63) is 66.2 Å². The number of aliphatic hydroxyl groups excluding tert-OH is 1. The zero-order valence-electron chi connectivity index (χ0n) is 20.5. The van der Waals surface area contributed by atoms with Crippen molar-refractivity contribution in [1.29, 1.82) is 0 Å². The average molecular weight is 525 g/mol. The summed E-state index contributed by atoms with van der Waals surface area (Å²) in [5, 5.41) is 13.9. The molecule has 3 atom stereocenters. The van der Waals surface area contributed by atoms with E-state index in [0.29, 0.717) is 6.42 Å². The van der Waals surface area contributed by atoms with Crippen LogP contribution in [0.5, 0.6) is 0 Å². The third-order valence-electron chi connectivity index (χ3n) is 5.62. The molecule has 0 aliphatic heterocycles. The van der Waals surface area contributed by atoms with Crippen molar-refractivity contribution in [2.45, 2.75) is 50.2 Å². The SMILES string of the molecule is CCCCN(CC(O)[C@H](Cc1ccccc1)NC(=O)C(C)CS(C)(=O)=O)S(=O)(=O)c1ccccc1. The summed E-state index contributed by atoms with van der Waals surface area (Å²) in [6, 6.07) is 16.4. The number of rotatable bonds is 14. The summed E-state index contributed by atoms with van der Waals surface area (Å²) in [4.78, 5) is 12.9. The number of carbonyl (C=O) groups is 1. The minimum absolute atomic E-state index is 0.133. The second-order valence-corrected chi connectivity index (χ2v) is 13.0. The number of carbonyl (C=O) groups excluding carboxylic acids is 1. The highest BCUT2D eigenvalue weighted by Gasteiger charge is 2.31. The van der Waals surface area contributed by atoms with E-state index in [2.05, 4.69) is 5.32 Å². The summed E-state index contributed by atoms with van der Waals surface area (Å²) in [6.07, 6.45) is 1.48. The molecule has 35 heavy (non-hydrogen) atoms. The molecule has 0 heterocycles. The molecule has 1 amide bonds. The normalized spacial score (nSPS) is 14.9. The highest BCUT2D eigenvalue weighted by atomic mass is 32.2. The number of nitrogens with zero attached hydrogens (tertiary/aromatic N) is 1. The molecule has 0 bridgehead atoms. The van der Waals surface area contributed by atoms with Crippen molar-refractivity contribution < 1.29 is 26.7 Å². The standard InChI is InChI=1S/C25H36N2O6S2/c1-4-5-16-27(35(32,33)22-14-10-7-11-15-22)18-24(28)23(17-21-12-8-6-9-13-21)26-25(29)20(2)19-34(3,30)31/h6-15,20,23-24,28H,4-5,16-19H2,1-3H3,(H,26,29)/t20?,23-,24?/m0/s1. The van der Waals surface area contributed by atoms with E-state index in [-0.39, 0.29) is 30.2 Å². The van der Waals surface area contributed by atoms with Crippen LogP contribution in [0.25, 0.3) is 0 Å². The van der Waals surface area contributed by atoms with Gasteiger partial charge < -0.3 is 10.4 Å². The van der Waals surface area contributed by atoms with E-state index in [9.17, 15) is 26.7 Å². The van der Waals surface area contributed by atoms with Crippen molar-refractivity contribution in [2.75, 3.05) is 25.1 Å². The average Bonchev–Trinajstić information content (AvgIpc) is 2.81. The Morgan fingerprint density at radius 1 is 1.00 bits per heavy atom. The molecule has 10 heteroatoms. The van der Waals surface area contributed by atoms with E-state index < -0.39 is 43.8 Å². The van der Waals surface area contributed by atoms with E-state index in [1.165, 1.54) is 23.4 Å². The van der Waals surface area contributed by atoms with Crippen molar-refractivity contribution in [1.82, 2.24) is 9.62 Å². The highest BCUT2D eigenvalue weighted by Crippen LogP contribution is 2.18. The van der Waals surface area contributed by atoms with Crippen molar-refractivity contribution >= 4 is 25.8 Å². The molecule has 0 fully saturated rings. The van der Waals surface area contributed by atoms with Gasteiger partial charge in [-0.2, -0.15) is 4.31 Å². The maximum absolute atomic E-state index is 13.3. The first kappa shape index (κ1) is 29.0. The maximum Gasteiger partial charge on any atom is 0.243 e. The first-order valence-corrected chi connectivity index (χ1v) is 15.2. The highest BCUT2D eigenvalue weighted by molar-refractivity contribution is 7.90. The molecule has 2 N–H and O–H groups in total. The number of hydrogen-bond acceptors (Lipinski definition) is 6. The summed E-state index contributed by atoms with van der Waals surface area (Å²) >= 11 is 0. The van der Waals surface area contributed by atoms with Gasteiger partial charge in [-0.3, -0.25) is 4.79 Å². The second-order valence-electron chi connectivity index (χ2n) is 8.90. The first-order valence-electron chi connectivity index (χ1n) is 11.7. The zero-order chi connectivity index (χ0) is 26.1. The Hall–Kier alpha value is -2.27. The molecule has 0 aliphatic carbocycles. The fourth-order valence-electron chi connectivity index (χ4n) is 3.73. The lowest BCUT2D eigenvalue weighted by Gasteiger charge is -2.30. The number of sulfone groups is 1. The van der Waals surface area contributed by atoms with Gasteiger partial charge in [0.05, 0.1) is 22.8 Å². The number of hydrogen-bond donors (Lipinski definition) is 2. The van der Waals surface area contributed by atoms with Gasteiger partial charge in [-0.25, -0.2) is 16.8 Å². The Morgan fingerprint density at radius 3 is 2.11 bits per heavy atom. The van der Waals surface area contributed by atoms with Gasteiger partial charge in [0.25, 0.3) is 0 Å². The molecule has 0 aromatic heterocycles. The molecule has 0 spiro atoms. The van der Waals surface area contributed by atoms with Crippen molar-refractivity contribution in [3.63, 3.8) is 0 Å². The lowest BCUT2D eigenvalue weighted by Crippen LogP contribution is -2.52. The molecule has 2 aromatic carbocycles. The number of sulfonamides is 1. The summed E-state index contributed by atoms with van der Waals surface area (Å²) in [5.74, 6) is -1.65. The zero-order valence-corrected chi connectivity index (χ0v) is 22.1. The Kier molecular flexibility index (Phi) is 10.9. The van der Waals surface area contributed by atoms with Gasteiger partial charge in [0.15, 0.2) is 0 Å². The molecular weight excluding hydrogens is 488 g/mol. The summed E-state index contributed by atoms with van der Waals surface area (Å²) < 4.78 is 51.1. The molecule has 0 radical (unpaired) electrons. The second kappa shape index (κ2) is 13.2. The quantitative estimate of drug-likeness (QED) is 0.391. The number of nitrogens with one attached hydrogen (secondary N) is 1. The van der Waals surface area contributed by atoms with Crippen LogP contribution in [0.1, 0.15) is 32.3 Å². The third kappa shape index (κ3) is 9.36. The maximum atomic E-state index is 13.3. The molecule has 0 saturated heterocycles. The molecule has 0 aliphatic rings. The smallest absolute Gasteiger partial charge is 0.243 e. The van der Waals surface area contributed by atoms with E-state index in [0.717, 1.165) is 18.2 Å². The lowest BCUT2D eigenvalue weighted by molar-refractivity contribution is -0.125. The topological polar surface area (TPSA) is 121 Å². The van der Waals surface area contributed by atoms with Crippen LogP contribution < -0.4 is 5.32 Å². The number of amides is 1. The van der Waals surface area contributed by atoms with Crippen LogP contribution in [-0.2, 0) is 31.1 Å². The van der Waals surface area contributed by atoms with Crippen LogP contribution in [0, 0.1) is 5.92 Å². The Morgan fingerprint density at radius 2 is 1.57 bits per heavy atom. The molecule has 2 rings (SSSR count). The molecule has 0 saturated carbocycles. The van der Waals surface area contributed by atoms with Crippen LogP contribution in [0.15, 0.2) is 65.6 Å². The lowest BCUT2D eigenvalue weighted by atomic mass is 10.00. The Labute approximate surface area is 209 Å². The summed E-state index contributed by atoms with van der Waals surface area (Å²) in [6.45, 7) is 3.47. The van der Waals surface area contributed by atoms with Gasteiger partial charge in [0.2, 0.25) is 15.9 Å². The van der Waals surface area contributed by atoms with E-state index in [1.807, 2.05) is 37.3 Å². The van der Waals surface area contributed by atoms with Crippen LogP contribution in [-0.4, -0.2) is 69.4 Å². The third-order valence-corrected chi connectivity index (χ3v) is 8.61. The van der Waals surface area contributed by atoms with Gasteiger partial charge in [-0.15, -0.1) is 0 Å².